The van der Waals surface area contributed by atoms with E-state index in [-0.39, 0.29) is 49.9 Å². The third-order valence-corrected chi connectivity index (χ3v) is 0.548. The van der Waals surface area contributed by atoms with Crippen molar-refractivity contribution in [1.82, 2.24) is 0 Å². The van der Waals surface area contributed by atoms with Gasteiger partial charge in [0.05, 0.1) is 0 Å². The summed E-state index contributed by atoms with van der Waals surface area (Å²) in [7, 11) is 0. The molecule has 0 saturated carbocycles. The molecule has 0 rings (SSSR count). The van der Waals surface area contributed by atoms with Gasteiger partial charge in [0.25, 0.3) is 0 Å². The Kier molecular flexibility index (Phi) is 10.9. The summed E-state index contributed by atoms with van der Waals surface area (Å²) in [5, 5.41) is 0. The molecule has 0 aromatic heterocycles. The molecule has 0 bridgehead atoms. The van der Waals surface area contributed by atoms with E-state index in [2.05, 4.69) is 5.54 Å². The summed E-state index contributed by atoms with van der Waals surface area (Å²) in [6.07, 6.45) is 0.219. The second kappa shape index (κ2) is 7.61. The molecule has 0 aliphatic heterocycles. The molecule has 0 aliphatic carbocycles. The number of nitrogens with zero attached hydrogens (tertiary/aromatic N) is 1. The van der Waals surface area contributed by atoms with Gasteiger partial charge in [-0.15, -0.1) is 6.54 Å². The molecule has 0 unspecified atom stereocenters. The predicted octanol–water partition coefficient (Wildman–Crippen LogP) is 1.22. The van der Waals surface area contributed by atoms with E-state index >= 15 is 0 Å². The summed E-state index contributed by atoms with van der Waals surface area (Å²) in [5.74, 6) is -0.0265. The Bertz CT molecular complexity index is 69.1. The summed E-state index contributed by atoms with van der Waals surface area (Å²) in [6, 6.07) is 0. The van der Waals surface area contributed by atoms with Crippen molar-refractivity contribution in [2.45, 2.75) is 13.3 Å². The number of rotatable bonds is 3. The molecule has 0 aromatic carbocycles. The number of hydrogen-bond donors (Lipinski definition) is 0. The Morgan fingerprint density at radius 1 is 1.75 bits per heavy atom. The van der Waals surface area contributed by atoms with Gasteiger partial charge in [-0.2, -0.15) is 0 Å². The monoisotopic (exact) mass is 342 g/mol. The van der Waals surface area contributed by atoms with E-state index in [0.717, 1.165) is 0 Å². The minimum absolute atomic E-state index is 0. The van der Waals surface area contributed by atoms with Crippen LogP contribution in [0.4, 0.5) is 4.48 Å². The zero-order chi connectivity index (χ0) is 5.70. The third-order valence-electron chi connectivity index (χ3n) is 0.548. The van der Waals surface area contributed by atoms with Gasteiger partial charge in [-0.1, -0.05) is 0 Å². The Morgan fingerprint density at radius 3 is 2.38 bits per heavy atom. The SMILES string of the molecule is CC(=O)CC[N-]F.[U]. The molecule has 0 N–H and O–H groups in total. The first-order chi connectivity index (χ1) is 3.27. The first kappa shape index (κ1) is 11.4. The molecular weight excluding hydrogens is 335 g/mol. The molecule has 0 aromatic rings. The van der Waals surface area contributed by atoms with Crippen LogP contribution in [-0.4, -0.2) is 12.3 Å². The number of carbonyl (C=O) groups is 1. The minimum Gasteiger partial charge on any atom is -0.492 e. The Labute approximate surface area is 71.5 Å². The maximum atomic E-state index is 10.8. The second-order valence-electron chi connectivity index (χ2n) is 1.30. The van der Waals surface area contributed by atoms with Crippen LogP contribution >= 0.6 is 0 Å². The standard InChI is InChI=1S/C4H7FNO.U/c1-4(7)2-3-6-5;/h2-3H2,1H3;/q-1;. The van der Waals surface area contributed by atoms with Crippen molar-refractivity contribution in [3.8, 4) is 0 Å². The van der Waals surface area contributed by atoms with Crippen LogP contribution in [0, 0.1) is 31.1 Å². The van der Waals surface area contributed by atoms with Crippen molar-refractivity contribution < 1.29 is 40.4 Å². The van der Waals surface area contributed by atoms with Crippen LogP contribution in [0.25, 0.3) is 5.54 Å². The number of ketones is 1. The van der Waals surface area contributed by atoms with Gasteiger partial charge in [-0.3, -0.25) is 0 Å². The maximum Gasteiger partial charge on any atom is 0.128 e. The van der Waals surface area contributed by atoms with Gasteiger partial charge < -0.3 is 14.8 Å². The van der Waals surface area contributed by atoms with Gasteiger partial charge in [0.15, 0.2) is 0 Å². The molecule has 0 radical (unpaired) electrons. The summed E-state index contributed by atoms with van der Waals surface area (Å²) in [4.78, 5) is 9.98. The van der Waals surface area contributed by atoms with Gasteiger partial charge in [0, 0.05) is 31.1 Å². The Balaban J connectivity index is 0. The molecular formula is C4H7FNOU-. The van der Waals surface area contributed by atoms with Crippen LogP contribution in [0.3, 0.4) is 0 Å². The summed E-state index contributed by atoms with van der Waals surface area (Å²) >= 11 is 0. The average Bonchev–Trinajstić information content (AvgIpc) is 1.61. The molecule has 8 heavy (non-hydrogen) atoms. The normalized spacial score (nSPS) is 7.75. The van der Waals surface area contributed by atoms with E-state index < -0.39 is 0 Å². The number of halogens is 1. The van der Waals surface area contributed by atoms with Crippen LogP contribution < -0.4 is 0 Å². The third kappa shape index (κ3) is 9.79. The predicted molar refractivity (Wildman–Crippen MR) is 24.6 cm³/mol. The van der Waals surface area contributed by atoms with Crippen molar-refractivity contribution in [1.29, 1.82) is 0 Å². The molecule has 0 aliphatic rings. The van der Waals surface area contributed by atoms with Crippen LogP contribution in [0.2, 0.25) is 0 Å². The van der Waals surface area contributed by atoms with Crippen molar-refractivity contribution in [2.75, 3.05) is 6.54 Å². The van der Waals surface area contributed by atoms with E-state index in [1.165, 1.54) is 6.92 Å². The van der Waals surface area contributed by atoms with Gasteiger partial charge in [0.1, 0.15) is 5.78 Å². The van der Waals surface area contributed by atoms with Gasteiger partial charge in [-0.25, -0.2) is 0 Å². The second-order valence-corrected chi connectivity index (χ2v) is 1.30. The molecule has 0 spiro atoms. The molecule has 2 nitrogen and oxygen atoms in total. The number of Topliss-reactive ketones (excluding diaryl/α,β-unsaturated/α-hetero) is 1. The first-order valence-corrected chi connectivity index (χ1v) is 2.04. The molecule has 4 heteroatoms. The van der Waals surface area contributed by atoms with E-state index in [4.69, 9.17) is 0 Å². The van der Waals surface area contributed by atoms with E-state index in [1.807, 2.05) is 0 Å². The van der Waals surface area contributed by atoms with Gasteiger partial charge >= 0.3 is 0 Å². The van der Waals surface area contributed by atoms with Gasteiger partial charge in [-0.05, 0) is 13.3 Å². The van der Waals surface area contributed by atoms with Crippen molar-refractivity contribution >= 4 is 5.78 Å². The molecule has 0 fully saturated rings. The van der Waals surface area contributed by atoms with Crippen molar-refractivity contribution in [2.24, 2.45) is 0 Å². The van der Waals surface area contributed by atoms with E-state index in [9.17, 15) is 9.28 Å². The van der Waals surface area contributed by atoms with Crippen LogP contribution in [0.1, 0.15) is 13.3 Å². The van der Waals surface area contributed by atoms with E-state index in [1.54, 1.807) is 0 Å². The van der Waals surface area contributed by atoms with E-state index in [0.29, 0.717) is 0 Å². The Morgan fingerprint density at radius 2 is 2.25 bits per heavy atom. The van der Waals surface area contributed by atoms with Crippen molar-refractivity contribution in [3.05, 3.63) is 5.54 Å². The fraction of sp³-hybridized carbons (Fsp3) is 0.750. The fourth-order valence-electron chi connectivity index (χ4n) is 0.200. The van der Waals surface area contributed by atoms with Crippen LogP contribution in [0.15, 0.2) is 0 Å². The zero-order valence-electron chi connectivity index (χ0n) is 4.65. The van der Waals surface area contributed by atoms with Crippen LogP contribution in [-0.2, 0) is 4.79 Å². The first-order valence-electron chi connectivity index (χ1n) is 2.04. The van der Waals surface area contributed by atoms with Gasteiger partial charge in [0.2, 0.25) is 0 Å². The zero-order valence-corrected chi connectivity index (χ0v) is 8.81. The topological polar surface area (TPSA) is 31.2 Å². The largest absolute Gasteiger partial charge is 0.492 e. The van der Waals surface area contributed by atoms with Crippen molar-refractivity contribution in [3.63, 3.8) is 0 Å². The fourth-order valence-corrected chi connectivity index (χ4v) is 0.200. The average molecular weight is 342 g/mol. The maximum absolute atomic E-state index is 10.8. The molecule has 0 heterocycles. The number of carbonyl (C=O) groups excluding carboxylic acids is 1. The quantitative estimate of drug-likeness (QED) is 0.759. The molecule has 46 valence electrons. The summed E-state index contributed by atoms with van der Waals surface area (Å²) in [5.41, 5.74) is 2.26. The summed E-state index contributed by atoms with van der Waals surface area (Å²) in [6.45, 7) is 1.42. The van der Waals surface area contributed by atoms with Crippen LogP contribution in [0.5, 0.6) is 0 Å². The molecule has 0 amide bonds. The summed E-state index contributed by atoms with van der Waals surface area (Å²) < 4.78 is 10.8. The molecule has 0 saturated heterocycles. The molecule has 0 atom stereocenters. The minimum atomic E-state index is -0.0265. The smallest absolute Gasteiger partial charge is 0.128 e. The number of hydrogen-bond acceptors (Lipinski definition) is 1. The Hall–Kier alpha value is 0.612.